The molecule has 2 saturated carbocycles. The Kier molecular flexibility index (Phi) is 6.64. The highest BCUT2D eigenvalue weighted by Crippen LogP contribution is 2.39. The van der Waals surface area contributed by atoms with E-state index in [4.69, 9.17) is 19.7 Å². The van der Waals surface area contributed by atoms with Gasteiger partial charge in [-0.2, -0.15) is 0 Å². The number of carboxylic acid groups (broad SMARTS) is 2. The molecule has 0 amide bonds. The number of rotatable bonds is 7. The molecule has 0 saturated heterocycles. The van der Waals surface area contributed by atoms with E-state index < -0.39 is 11.9 Å². The number of hydrogen-bond donors (Lipinski definition) is 2. The second-order valence-electron chi connectivity index (χ2n) is 6.51. The summed E-state index contributed by atoms with van der Waals surface area (Å²) in [5, 5.41) is 17.4. The van der Waals surface area contributed by atoms with Crippen molar-refractivity contribution < 1.29 is 29.3 Å². The van der Waals surface area contributed by atoms with E-state index in [1.54, 1.807) is 0 Å². The fraction of sp³-hybridized carbons (Fsp3) is 0.875. The zero-order chi connectivity index (χ0) is 15.9. The Balaban J connectivity index is 1.79. The van der Waals surface area contributed by atoms with E-state index in [1.807, 2.05) is 0 Å². The van der Waals surface area contributed by atoms with Crippen LogP contribution in [0.4, 0.5) is 0 Å². The summed E-state index contributed by atoms with van der Waals surface area (Å²) in [6.07, 6.45) is 8.29. The average molecular weight is 314 g/mol. The molecule has 0 radical (unpaired) electrons. The standard InChI is InChI=1S/C16H26O6/c17-15(18)9-21-13-5-1-3-11(7-13)12-4-2-6-14(8-12)22-10-16(19)20/h11-14H,1-10H2,(H,17,18)(H,19,20). The minimum Gasteiger partial charge on any atom is -0.480 e. The summed E-state index contributed by atoms with van der Waals surface area (Å²) >= 11 is 0. The minimum atomic E-state index is -0.915. The number of aliphatic carboxylic acids is 2. The van der Waals surface area contributed by atoms with Crippen LogP contribution in [-0.2, 0) is 19.1 Å². The fourth-order valence-corrected chi connectivity index (χ4v) is 3.90. The van der Waals surface area contributed by atoms with Gasteiger partial charge in [-0.3, -0.25) is 0 Å². The van der Waals surface area contributed by atoms with Crippen molar-refractivity contribution in [3.05, 3.63) is 0 Å². The maximum Gasteiger partial charge on any atom is 0.329 e. The molecule has 0 aromatic carbocycles. The summed E-state index contributed by atoms with van der Waals surface area (Å²) < 4.78 is 10.9. The van der Waals surface area contributed by atoms with Crippen molar-refractivity contribution in [2.75, 3.05) is 13.2 Å². The molecule has 2 fully saturated rings. The largest absolute Gasteiger partial charge is 0.480 e. The molecule has 6 nitrogen and oxygen atoms in total. The number of hydrogen-bond acceptors (Lipinski definition) is 4. The maximum absolute atomic E-state index is 10.6. The monoisotopic (exact) mass is 314 g/mol. The van der Waals surface area contributed by atoms with Gasteiger partial charge in [-0.05, 0) is 50.4 Å². The molecule has 4 unspecified atom stereocenters. The average Bonchev–Trinajstić information content (AvgIpc) is 2.51. The quantitative estimate of drug-likeness (QED) is 0.749. The molecular formula is C16H26O6. The van der Waals surface area contributed by atoms with Gasteiger partial charge in [0.2, 0.25) is 0 Å². The van der Waals surface area contributed by atoms with Crippen LogP contribution >= 0.6 is 0 Å². The van der Waals surface area contributed by atoms with E-state index in [1.165, 1.54) is 0 Å². The van der Waals surface area contributed by atoms with Gasteiger partial charge in [-0.1, -0.05) is 12.8 Å². The van der Waals surface area contributed by atoms with E-state index in [0.29, 0.717) is 11.8 Å². The van der Waals surface area contributed by atoms with Gasteiger partial charge in [-0.25, -0.2) is 9.59 Å². The molecule has 0 spiro atoms. The highest BCUT2D eigenvalue weighted by Gasteiger charge is 2.33. The normalized spacial score (nSPS) is 32.5. The molecule has 4 atom stereocenters. The van der Waals surface area contributed by atoms with Crippen molar-refractivity contribution in [3.63, 3.8) is 0 Å². The third kappa shape index (κ3) is 5.57. The second kappa shape index (κ2) is 8.48. The molecule has 6 heteroatoms. The summed E-state index contributed by atoms with van der Waals surface area (Å²) in [6, 6.07) is 0. The van der Waals surface area contributed by atoms with Gasteiger partial charge in [0, 0.05) is 0 Å². The summed E-state index contributed by atoms with van der Waals surface area (Å²) in [4.78, 5) is 21.2. The van der Waals surface area contributed by atoms with Crippen LogP contribution < -0.4 is 0 Å². The predicted molar refractivity (Wildman–Crippen MR) is 78.7 cm³/mol. The van der Waals surface area contributed by atoms with Crippen LogP contribution in [0.5, 0.6) is 0 Å². The second-order valence-corrected chi connectivity index (χ2v) is 6.51. The van der Waals surface area contributed by atoms with Gasteiger partial charge < -0.3 is 19.7 Å². The van der Waals surface area contributed by atoms with Gasteiger partial charge in [0.25, 0.3) is 0 Å². The lowest BCUT2D eigenvalue weighted by Crippen LogP contribution is -2.33. The summed E-state index contributed by atoms with van der Waals surface area (Å²) in [5.74, 6) is -0.739. The Morgan fingerprint density at radius 1 is 0.773 bits per heavy atom. The van der Waals surface area contributed by atoms with Gasteiger partial charge in [-0.15, -0.1) is 0 Å². The lowest BCUT2D eigenvalue weighted by Gasteiger charge is -2.38. The van der Waals surface area contributed by atoms with Crippen molar-refractivity contribution >= 4 is 11.9 Å². The first kappa shape index (κ1) is 17.2. The maximum atomic E-state index is 10.6. The topological polar surface area (TPSA) is 93.1 Å². The third-order valence-electron chi connectivity index (χ3n) is 4.88. The van der Waals surface area contributed by atoms with Crippen molar-refractivity contribution in [3.8, 4) is 0 Å². The van der Waals surface area contributed by atoms with Crippen LogP contribution in [0.1, 0.15) is 51.4 Å². The smallest absolute Gasteiger partial charge is 0.329 e. The van der Waals surface area contributed by atoms with Crippen LogP contribution in [0.3, 0.4) is 0 Å². The Bertz CT molecular complexity index is 347. The molecule has 2 rings (SSSR count). The first-order valence-electron chi connectivity index (χ1n) is 8.21. The molecular weight excluding hydrogens is 288 g/mol. The Morgan fingerprint density at radius 3 is 1.55 bits per heavy atom. The third-order valence-corrected chi connectivity index (χ3v) is 4.88. The SMILES string of the molecule is O=C(O)COC1CCCC(C2CCCC(OCC(=O)O)C2)C1. The number of ether oxygens (including phenoxy) is 2. The van der Waals surface area contributed by atoms with E-state index in [0.717, 1.165) is 51.4 Å². The van der Waals surface area contributed by atoms with Crippen molar-refractivity contribution in [1.29, 1.82) is 0 Å². The van der Waals surface area contributed by atoms with Gasteiger partial charge in [0.1, 0.15) is 13.2 Å². The van der Waals surface area contributed by atoms with Crippen LogP contribution in [-0.4, -0.2) is 47.6 Å². The molecule has 0 aliphatic heterocycles. The summed E-state index contributed by atoms with van der Waals surface area (Å²) in [7, 11) is 0. The van der Waals surface area contributed by atoms with E-state index in [-0.39, 0.29) is 25.4 Å². The Hall–Kier alpha value is -1.14. The number of carboxylic acids is 2. The Labute approximate surface area is 130 Å². The van der Waals surface area contributed by atoms with Crippen LogP contribution in [0.2, 0.25) is 0 Å². The number of carbonyl (C=O) groups is 2. The molecule has 2 aliphatic rings. The highest BCUT2D eigenvalue weighted by molar-refractivity contribution is 5.68. The van der Waals surface area contributed by atoms with Gasteiger partial charge in [0.15, 0.2) is 0 Å². The predicted octanol–water partition coefficient (Wildman–Crippen LogP) is 2.31. The Morgan fingerprint density at radius 2 is 1.18 bits per heavy atom. The lowest BCUT2D eigenvalue weighted by molar-refractivity contribution is -0.147. The minimum absolute atomic E-state index is 0.0511. The van der Waals surface area contributed by atoms with Gasteiger partial charge in [0.05, 0.1) is 12.2 Å². The van der Waals surface area contributed by atoms with E-state index in [9.17, 15) is 9.59 Å². The van der Waals surface area contributed by atoms with Crippen molar-refractivity contribution in [1.82, 2.24) is 0 Å². The molecule has 0 bridgehead atoms. The van der Waals surface area contributed by atoms with E-state index >= 15 is 0 Å². The molecule has 2 aliphatic carbocycles. The first-order chi connectivity index (χ1) is 10.5. The molecule has 22 heavy (non-hydrogen) atoms. The van der Waals surface area contributed by atoms with Crippen molar-refractivity contribution in [2.45, 2.75) is 63.6 Å². The first-order valence-corrected chi connectivity index (χ1v) is 8.21. The van der Waals surface area contributed by atoms with Crippen molar-refractivity contribution in [2.24, 2.45) is 11.8 Å². The summed E-state index contributed by atoms with van der Waals surface area (Å²) in [6.45, 7) is -0.432. The van der Waals surface area contributed by atoms with Crippen LogP contribution in [0.15, 0.2) is 0 Å². The zero-order valence-corrected chi connectivity index (χ0v) is 12.9. The van der Waals surface area contributed by atoms with Crippen LogP contribution in [0.25, 0.3) is 0 Å². The zero-order valence-electron chi connectivity index (χ0n) is 12.9. The molecule has 2 N–H and O–H groups in total. The summed E-state index contributed by atoms with van der Waals surface area (Å²) in [5.41, 5.74) is 0. The van der Waals surface area contributed by atoms with Crippen LogP contribution in [0, 0.1) is 11.8 Å². The molecule has 0 heterocycles. The molecule has 0 aromatic rings. The van der Waals surface area contributed by atoms with Gasteiger partial charge >= 0.3 is 11.9 Å². The molecule has 126 valence electrons. The highest BCUT2D eigenvalue weighted by atomic mass is 16.5. The fourth-order valence-electron chi connectivity index (χ4n) is 3.90. The van der Waals surface area contributed by atoms with E-state index in [2.05, 4.69) is 0 Å². The lowest BCUT2D eigenvalue weighted by atomic mass is 9.72. The molecule has 0 aromatic heterocycles.